The van der Waals surface area contributed by atoms with Crippen LogP contribution in [0.15, 0.2) is 152 Å². The lowest BCUT2D eigenvalue weighted by molar-refractivity contribution is 0.483. The molecule has 6 heteroatoms. The van der Waals surface area contributed by atoms with Crippen molar-refractivity contribution in [3.63, 3.8) is 0 Å². The van der Waals surface area contributed by atoms with Crippen LogP contribution in [-0.4, -0.2) is 20.5 Å². The first-order valence-electron chi connectivity index (χ1n) is 25.5. The lowest BCUT2D eigenvalue weighted by Crippen LogP contribution is -2.16. The molecule has 0 saturated heterocycles. The van der Waals surface area contributed by atoms with Crippen LogP contribution in [0.4, 0.5) is 22.7 Å². The van der Waals surface area contributed by atoms with Gasteiger partial charge in [0.05, 0.1) is 34.3 Å². The van der Waals surface area contributed by atoms with Gasteiger partial charge in [0.1, 0.15) is 17.3 Å². The second-order valence-corrected chi connectivity index (χ2v) is 19.1. The molecule has 0 bridgehead atoms. The first-order valence-corrected chi connectivity index (χ1v) is 22.0. The van der Waals surface area contributed by atoms with E-state index in [0.29, 0.717) is 22.7 Å². The SMILES string of the molecule is [2H]c1c([2H])c(C([2H])([2H])[2H])c([2H])c([2H])c1-c1cccc(C(C)(C)C)c1[N+]1=C=[N+](c2cc(Oc3ccc4c5ccncc5n(-c5cc(C(C)(C)C)ccn5)c4c3)cc(-c3c(C)cc(C)cc3C)c2)c2ccccc21. The highest BCUT2D eigenvalue weighted by Gasteiger charge is 2.41. The van der Waals surface area contributed by atoms with E-state index in [0.717, 1.165) is 83.6 Å². The topological polar surface area (TPSA) is 46.0 Å². The van der Waals surface area contributed by atoms with Crippen molar-refractivity contribution in [1.29, 1.82) is 0 Å². The third-order valence-corrected chi connectivity index (χ3v) is 12.3. The number of rotatable bonds is 7. The van der Waals surface area contributed by atoms with Gasteiger partial charge >= 0.3 is 6.01 Å². The second-order valence-electron chi connectivity index (χ2n) is 19.1. The van der Waals surface area contributed by atoms with Crippen molar-refractivity contribution in [3.05, 3.63) is 185 Å². The van der Waals surface area contributed by atoms with Crippen LogP contribution in [0.5, 0.6) is 11.5 Å². The fourth-order valence-corrected chi connectivity index (χ4v) is 9.31. The fourth-order valence-electron chi connectivity index (χ4n) is 9.31. The maximum absolute atomic E-state index is 9.22. The van der Waals surface area contributed by atoms with Crippen molar-refractivity contribution >= 4 is 50.6 Å². The van der Waals surface area contributed by atoms with Crippen LogP contribution in [0.3, 0.4) is 0 Å². The zero-order valence-electron chi connectivity index (χ0n) is 45.3. The molecule has 6 aromatic carbocycles. The summed E-state index contributed by atoms with van der Waals surface area (Å²) >= 11 is 0. The van der Waals surface area contributed by atoms with E-state index in [1.807, 2.05) is 82.3 Å². The van der Waals surface area contributed by atoms with Gasteiger partial charge in [0.25, 0.3) is 11.4 Å². The van der Waals surface area contributed by atoms with Crippen LogP contribution < -0.4 is 13.9 Å². The lowest BCUT2D eigenvalue weighted by Gasteiger charge is -2.21. The average Bonchev–Trinajstić information content (AvgIpc) is 3.86. The van der Waals surface area contributed by atoms with Crippen LogP contribution in [-0.2, 0) is 10.8 Å². The molecule has 320 valence electrons. The number of nitrogens with zero attached hydrogens (tertiary/aromatic N) is 5. The molecule has 3 aromatic heterocycles. The van der Waals surface area contributed by atoms with Crippen LogP contribution in [0, 0.1) is 27.6 Å². The predicted octanol–water partition coefficient (Wildman–Crippen LogP) is 15.4. The molecule has 0 N–H and O–H groups in total. The van der Waals surface area contributed by atoms with Gasteiger partial charge in [-0.3, -0.25) is 9.55 Å². The van der Waals surface area contributed by atoms with Gasteiger partial charge in [-0.05, 0) is 123 Å². The average molecular weight is 857 g/mol. The minimum absolute atomic E-state index is 0.00444. The summed E-state index contributed by atoms with van der Waals surface area (Å²) in [7, 11) is 0. The summed E-state index contributed by atoms with van der Waals surface area (Å²) in [5.74, 6) is 1.99. The monoisotopic (exact) mass is 856 g/mol. The van der Waals surface area contributed by atoms with Crippen molar-refractivity contribution < 1.29 is 14.3 Å². The molecule has 4 heterocycles. The van der Waals surface area contributed by atoms with Gasteiger partial charge in [0, 0.05) is 57.1 Å². The Bertz CT molecular complexity index is 3760. The zero-order valence-corrected chi connectivity index (χ0v) is 38.3. The molecule has 0 atom stereocenters. The molecule has 0 amide bonds. The Balaban J connectivity index is 1.21. The van der Waals surface area contributed by atoms with Crippen molar-refractivity contribution in [2.75, 3.05) is 0 Å². The first-order chi connectivity index (χ1) is 34.0. The number of pyridine rings is 2. The number of hydrogen-bond donors (Lipinski definition) is 0. The van der Waals surface area contributed by atoms with E-state index in [9.17, 15) is 2.74 Å². The highest BCUT2D eigenvalue weighted by Crippen LogP contribution is 2.46. The van der Waals surface area contributed by atoms with Gasteiger partial charge in [0.15, 0.2) is 0 Å². The van der Waals surface area contributed by atoms with Crippen molar-refractivity contribution in [2.24, 2.45) is 0 Å². The zero-order chi connectivity index (χ0) is 51.3. The van der Waals surface area contributed by atoms with Gasteiger partial charge in [0.2, 0.25) is 11.4 Å². The Labute approximate surface area is 392 Å². The molecule has 0 saturated carbocycles. The Hall–Kier alpha value is -7.40. The Kier molecular flexibility index (Phi) is 8.22. The van der Waals surface area contributed by atoms with Crippen LogP contribution in [0.2, 0.25) is 0 Å². The second kappa shape index (κ2) is 15.7. The number of hydrogen-bond acceptors (Lipinski definition) is 3. The third kappa shape index (κ3) is 7.54. The van der Waals surface area contributed by atoms with Crippen molar-refractivity contribution in [3.8, 4) is 39.6 Å². The first kappa shape index (κ1) is 34.1. The highest BCUT2D eigenvalue weighted by molar-refractivity contribution is 6.09. The molecular weight excluding hydrogens is 795 g/mol. The van der Waals surface area contributed by atoms with Gasteiger partial charge < -0.3 is 4.74 Å². The van der Waals surface area contributed by atoms with E-state index in [1.165, 1.54) is 0 Å². The summed E-state index contributed by atoms with van der Waals surface area (Å²) in [6, 6.07) is 38.1. The van der Waals surface area contributed by atoms with E-state index in [-0.39, 0.29) is 11.0 Å². The quantitative estimate of drug-likeness (QED) is 0.150. The summed E-state index contributed by atoms with van der Waals surface area (Å²) in [6.45, 7) is 16.3. The molecule has 9 aromatic rings. The normalized spacial score (nSPS) is 14.4. The van der Waals surface area contributed by atoms with Crippen molar-refractivity contribution in [1.82, 2.24) is 23.7 Å². The highest BCUT2D eigenvalue weighted by atomic mass is 16.5. The predicted molar refractivity (Wildman–Crippen MR) is 271 cm³/mol. The lowest BCUT2D eigenvalue weighted by atomic mass is 9.83. The van der Waals surface area contributed by atoms with E-state index in [4.69, 9.17) is 16.6 Å². The van der Waals surface area contributed by atoms with Gasteiger partial charge in [-0.1, -0.05) is 113 Å². The largest absolute Gasteiger partial charge is 0.503 e. The number of aromatic nitrogens is 3. The van der Waals surface area contributed by atoms with E-state index >= 15 is 0 Å². The third-order valence-electron chi connectivity index (χ3n) is 12.3. The number of benzene rings is 6. The Morgan fingerprint density at radius 3 is 2.11 bits per heavy atom. The van der Waals surface area contributed by atoms with E-state index in [2.05, 4.69) is 126 Å². The van der Waals surface area contributed by atoms with Gasteiger partial charge in [-0.2, -0.15) is 0 Å². The Morgan fingerprint density at radius 1 is 0.646 bits per heavy atom. The Morgan fingerprint density at radius 2 is 1.38 bits per heavy atom. The number of fused-ring (bicyclic) bond motifs is 4. The smallest absolute Gasteiger partial charge is 0.457 e. The van der Waals surface area contributed by atoms with Crippen LogP contribution >= 0.6 is 0 Å². The molecule has 6 nitrogen and oxygen atoms in total. The molecule has 1 aliphatic heterocycles. The number of para-hydroxylation sites is 3. The maximum Gasteiger partial charge on any atom is 0.503 e. The minimum atomic E-state index is -2.85. The van der Waals surface area contributed by atoms with Crippen LogP contribution in [0.25, 0.3) is 49.9 Å². The summed E-state index contributed by atoms with van der Waals surface area (Å²) in [5.41, 5.74) is 11.4. The molecule has 65 heavy (non-hydrogen) atoms. The molecule has 0 aliphatic carbocycles. The summed E-state index contributed by atoms with van der Waals surface area (Å²) < 4.78 is 73.5. The molecule has 10 rings (SSSR count). The molecule has 0 spiro atoms. The molecule has 1 aliphatic rings. The van der Waals surface area contributed by atoms with Crippen LogP contribution in [0.1, 0.15) is 84.5 Å². The van der Waals surface area contributed by atoms with Crippen molar-refractivity contribution in [2.45, 2.75) is 80.0 Å². The minimum Gasteiger partial charge on any atom is -0.457 e. The molecule has 0 radical (unpaired) electrons. The van der Waals surface area contributed by atoms with Gasteiger partial charge in [-0.15, -0.1) is 0 Å². The summed E-state index contributed by atoms with van der Waals surface area (Å²) in [5, 5.41) is 2.09. The van der Waals surface area contributed by atoms with E-state index < -0.39 is 42.0 Å². The molecule has 0 fully saturated rings. The maximum atomic E-state index is 9.22. The molecule has 0 unspecified atom stereocenters. The van der Waals surface area contributed by atoms with E-state index in [1.54, 1.807) is 6.07 Å². The fraction of sp³-hybridized carbons (Fsp3) is 0.203. The standard InChI is InChI=1S/C59H55N5O/c1-37-18-20-41(21-19-37)47-14-13-15-50(59(8,9)10)57(47)63-36-62(51-16-11-12-17-52(51)63)44-30-42(56-39(3)28-38(2)29-40(56)4)31-46(33-44)65-45-22-23-48-49-25-26-60-35-54(49)64(53(48)34-45)55-32-43(24-27-61-55)58(5,6)7/h11-35H,1-10H3/q+2/i1D3,18D,19D,20D,21D. The number of aryl methyl sites for hydroxylation is 3. The summed E-state index contributed by atoms with van der Waals surface area (Å²) in [4.78, 5) is 9.39. The summed E-state index contributed by atoms with van der Waals surface area (Å²) in [6.07, 6.45) is 5.55. The molecular formula is C59H55N5O+2. The number of ether oxygens (including phenoxy) is 1. The van der Waals surface area contributed by atoms with Gasteiger partial charge in [-0.25, -0.2) is 4.98 Å².